The molecule has 4 rings (SSSR count). The van der Waals surface area contributed by atoms with Gasteiger partial charge in [0.1, 0.15) is 6.29 Å². The van der Waals surface area contributed by atoms with E-state index < -0.39 is 0 Å². The lowest BCUT2D eigenvalue weighted by Crippen LogP contribution is -2.56. The van der Waals surface area contributed by atoms with Crippen LogP contribution >= 0.6 is 0 Å². The monoisotopic (exact) mass is 218 g/mol. The summed E-state index contributed by atoms with van der Waals surface area (Å²) in [6.45, 7) is 6.87. The fourth-order valence-corrected chi connectivity index (χ4v) is 4.90. The first-order valence-corrected chi connectivity index (χ1v) is 6.65. The molecule has 88 valence electrons. The maximum absolute atomic E-state index is 11.7. The number of aldehydes is 1. The summed E-state index contributed by atoms with van der Waals surface area (Å²) >= 11 is 0. The van der Waals surface area contributed by atoms with Crippen molar-refractivity contribution in [2.24, 2.45) is 28.1 Å². The molecule has 1 nitrogen and oxygen atoms in total. The zero-order chi connectivity index (χ0) is 11.6. The van der Waals surface area contributed by atoms with Crippen LogP contribution in [0.25, 0.3) is 0 Å². The van der Waals surface area contributed by atoms with E-state index in [2.05, 4.69) is 32.9 Å². The number of fused-ring (bicyclic) bond motifs is 1. The molecule has 5 atom stereocenters. The Morgan fingerprint density at radius 1 is 1.19 bits per heavy atom. The van der Waals surface area contributed by atoms with Crippen LogP contribution in [-0.4, -0.2) is 6.29 Å². The maximum Gasteiger partial charge on any atom is 0.127 e. The second-order valence-electron chi connectivity index (χ2n) is 6.79. The SMILES string of the molecule is C[C@@H]1CC[C@@H]2[C@@]13C=C[C@](C)(CC3)[C@@]2(C)C=O. The summed E-state index contributed by atoms with van der Waals surface area (Å²) in [7, 11) is 0. The molecule has 0 aliphatic heterocycles. The van der Waals surface area contributed by atoms with Crippen LogP contribution in [-0.2, 0) is 4.79 Å². The Morgan fingerprint density at radius 2 is 1.94 bits per heavy atom. The van der Waals surface area contributed by atoms with E-state index in [-0.39, 0.29) is 10.8 Å². The first-order chi connectivity index (χ1) is 7.48. The molecule has 0 N–H and O–H groups in total. The molecule has 1 heteroatoms. The van der Waals surface area contributed by atoms with Crippen molar-refractivity contribution < 1.29 is 4.79 Å². The van der Waals surface area contributed by atoms with Crippen LogP contribution in [0.5, 0.6) is 0 Å². The van der Waals surface area contributed by atoms with Crippen molar-refractivity contribution in [1.29, 1.82) is 0 Å². The zero-order valence-corrected chi connectivity index (χ0v) is 10.6. The Labute approximate surface area is 98.3 Å². The molecule has 16 heavy (non-hydrogen) atoms. The molecule has 2 bridgehead atoms. The predicted octanol–water partition coefficient (Wildman–Crippen LogP) is 3.59. The molecule has 2 saturated carbocycles. The van der Waals surface area contributed by atoms with E-state index in [0.29, 0.717) is 11.3 Å². The highest BCUT2D eigenvalue weighted by Gasteiger charge is 2.65. The lowest BCUT2D eigenvalue weighted by Gasteiger charge is -2.60. The maximum atomic E-state index is 11.7. The highest BCUT2D eigenvalue weighted by Crippen LogP contribution is 2.70. The third-order valence-electron chi connectivity index (χ3n) is 6.49. The molecule has 2 fully saturated rings. The van der Waals surface area contributed by atoms with E-state index in [1.54, 1.807) is 0 Å². The standard InChI is InChI=1S/C15H22O/c1-11-4-5-12-14(3,10-16)13(2)6-8-15(11,12)9-7-13/h6,8,10-12H,4-5,7,9H2,1-3H3/t11-,12+,13-,14+,15-/m1/s1. The molecule has 4 aliphatic rings. The van der Waals surface area contributed by atoms with E-state index >= 15 is 0 Å². The third kappa shape index (κ3) is 0.881. The Bertz CT molecular complexity index is 372. The molecule has 0 aromatic rings. The molecular formula is C15H22O. The summed E-state index contributed by atoms with van der Waals surface area (Å²) in [4.78, 5) is 11.7. The second kappa shape index (κ2) is 2.80. The van der Waals surface area contributed by atoms with Gasteiger partial charge in [-0.15, -0.1) is 0 Å². The minimum Gasteiger partial charge on any atom is -0.303 e. The molecule has 0 radical (unpaired) electrons. The van der Waals surface area contributed by atoms with Gasteiger partial charge in [-0.3, -0.25) is 0 Å². The van der Waals surface area contributed by atoms with Gasteiger partial charge in [0, 0.05) is 5.41 Å². The summed E-state index contributed by atoms with van der Waals surface area (Å²) in [5.41, 5.74) is 0.351. The van der Waals surface area contributed by atoms with Crippen LogP contribution in [0.15, 0.2) is 12.2 Å². The first-order valence-electron chi connectivity index (χ1n) is 6.65. The molecule has 1 spiro atoms. The van der Waals surface area contributed by atoms with Gasteiger partial charge in [0.25, 0.3) is 0 Å². The number of carbonyl (C=O) groups excluding carboxylic acids is 1. The molecule has 4 aliphatic carbocycles. The molecule has 0 unspecified atom stereocenters. The summed E-state index contributed by atoms with van der Waals surface area (Å²) in [5.74, 6) is 1.36. The van der Waals surface area contributed by atoms with Crippen LogP contribution in [0.1, 0.15) is 46.5 Å². The quantitative estimate of drug-likeness (QED) is 0.485. The fourth-order valence-electron chi connectivity index (χ4n) is 4.90. The number of hydrogen-bond donors (Lipinski definition) is 0. The summed E-state index contributed by atoms with van der Waals surface area (Å²) in [5, 5.41) is 0. The molecule has 0 amide bonds. The van der Waals surface area contributed by atoms with Gasteiger partial charge in [-0.25, -0.2) is 0 Å². The minimum absolute atomic E-state index is 0.116. The van der Waals surface area contributed by atoms with Gasteiger partial charge < -0.3 is 4.79 Å². The average Bonchev–Trinajstić information content (AvgIpc) is 2.61. The van der Waals surface area contributed by atoms with Crippen molar-refractivity contribution in [3.63, 3.8) is 0 Å². The van der Waals surface area contributed by atoms with Gasteiger partial charge in [-0.05, 0) is 48.3 Å². The molecule has 0 heterocycles. The van der Waals surface area contributed by atoms with Gasteiger partial charge >= 0.3 is 0 Å². The molecule has 0 aromatic carbocycles. The average molecular weight is 218 g/mol. The zero-order valence-electron chi connectivity index (χ0n) is 10.6. The Hall–Kier alpha value is -0.590. The van der Waals surface area contributed by atoms with Gasteiger partial charge in [-0.1, -0.05) is 32.9 Å². The second-order valence-corrected chi connectivity index (χ2v) is 6.79. The predicted molar refractivity (Wildman–Crippen MR) is 65.0 cm³/mol. The van der Waals surface area contributed by atoms with Crippen LogP contribution in [0, 0.1) is 28.1 Å². The Kier molecular flexibility index (Phi) is 1.85. The van der Waals surface area contributed by atoms with E-state index in [1.165, 1.54) is 32.0 Å². The third-order valence-corrected chi connectivity index (χ3v) is 6.49. The van der Waals surface area contributed by atoms with Crippen molar-refractivity contribution in [1.82, 2.24) is 0 Å². The van der Waals surface area contributed by atoms with Gasteiger partial charge in [-0.2, -0.15) is 0 Å². The van der Waals surface area contributed by atoms with Crippen molar-refractivity contribution in [2.45, 2.75) is 46.5 Å². The van der Waals surface area contributed by atoms with E-state index in [4.69, 9.17) is 0 Å². The number of carbonyl (C=O) groups is 1. The van der Waals surface area contributed by atoms with Crippen LogP contribution < -0.4 is 0 Å². The van der Waals surface area contributed by atoms with Crippen LogP contribution in [0.2, 0.25) is 0 Å². The van der Waals surface area contributed by atoms with Crippen molar-refractivity contribution in [3.05, 3.63) is 12.2 Å². The smallest absolute Gasteiger partial charge is 0.127 e. The van der Waals surface area contributed by atoms with Crippen molar-refractivity contribution in [3.8, 4) is 0 Å². The van der Waals surface area contributed by atoms with E-state index in [1.807, 2.05) is 0 Å². The summed E-state index contributed by atoms with van der Waals surface area (Å²) < 4.78 is 0. The largest absolute Gasteiger partial charge is 0.303 e. The fraction of sp³-hybridized carbons (Fsp3) is 0.800. The lowest BCUT2D eigenvalue weighted by atomic mass is 9.42. The lowest BCUT2D eigenvalue weighted by molar-refractivity contribution is -0.138. The molecular weight excluding hydrogens is 196 g/mol. The summed E-state index contributed by atoms with van der Waals surface area (Å²) in [6.07, 6.45) is 11.2. The highest BCUT2D eigenvalue weighted by atomic mass is 16.1. The van der Waals surface area contributed by atoms with Crippen molar-refractivity contribution >= 4 is 6.29 Å². The van der Waals surface area contributed by atoms with Gasteiger partial charge in [0.2, 0.25) is 0 Å². The van der Waals surface area contributed by atoms with Gasteiger partial charge in [0.15, 0.2) is 0 Å². The number of rotatable bonds is 1. The molecule has 0 saturated heterocycles. The number of allylic oxidation sites excluding steroid dienone is 2. The topological polar surface area (TPSA) is 17.1 Å². The van der Waals surface area contributed by atoms with Gasteiger partial charge in [0.05, 0.1) is 0 Å². The van der Waals surface area contributed by atoms with E-state index in [0.717, 1.165) is 5.92 Å². The van der Waals surface area contributed by atoms with E-state index in [9.17, 15) is 4.79 Å². The summed E-state index contributed by atoms with van der Waals surface area (Å²) in [6, 6.07) is 0. The highest BCUT2D eigenvalue weighted by molar-refractivity contribution is 5.64. The van der Waals surface area contributed by atoms with Crippen LogP contribution in [0.4, 0.5) is 0 Å². The molecule has 0 aromatic heterocycles. The number of hydrogen-bond acceptors (Lipinski definition) is 1. The minimum atomic E-state index is -0.120. The normalized spacial score (nSPS) is 58.7. The Morgan fingerprint density at radius 3 is 2.50 bits per heavy atom. The van der Waals surface area contributed by atoms with Crippen LogP contribution in [0.3, 0.4) is 0 Å². The Balaban J connectivity index is 2.19. The first kappa shape index (κ1) is 10.6. The van der Waals surface area contributed by atoms with Crippen molar-refractivity contribution in [2.75, 3.05) is 0 Å².